The molecule has 0 heterocycles. The second-order valence-electron chi connectivity index (χ2n) is 3.18. The molecule has 5 nitrogen and oxygen atoms in total. The molecule has 0 aliphatic heterocycles. The first kappa shape index (κ1) is 13.2. The monoisotopic (exact) mass is 234 g/mol. The van der Waals surface area contributed by atoms with Crippen molar-refractivity contribution in [3.8, 4) is 0 Å². The van der Waals surface area contributed by atoms with Gasteiger partial charge in [0.15, 0.2) is 0 Å². The third-order valence-corrected chi connectivity index (χ3v) is 2.02. The quantitative estimate of drug-likeness (QED) is 0.538. The largest absolute Gasteiger partial charge is 0.631 e. The molecule has 0 aliphatic rings. The normalized spacial score (nSPS) is 9.35. The number of carbonyl (C=O) groups is 1. The van der Waals surface area contributed by atoms with E-state index in [2.05, 4.69) is 0 Å². The minimum Gasteiger partial charge on any atom is -0.478 e. The molecular weight excluding hydrogens is 223 g/mol. The van der Waals surface area contributed by atoms with Crippen LogP contribution in [0.25, 0.3) is 10.8 Å². The van der Waals surface area contributed by atoms with E-state index in [-0.39, 0.29) is 0 Å². The van der Waals surface area contributed by atoms with E-state index < -0.39 is 13.3 Å². The van der Waals surface area contributed by atoms with Crippen molar-refractivity contribution < 1.29 is 25.0 Å². The van der Waals surface area contributed by atoms with Gasteiger partial charge < -0.3 is 20.2 Å². The van der Waals surface area contributed by atoms with Gasteiger partial charge in [-0.25, -0.2) is 4.79 Å². The Morgan fingerprint density at radius 2 is 1.47 bits per heavy atom. The topological polar surface area (TPSA) is 98.0 Å². The van der Waals surface area contributed by atoms with Crippen LogP contribution < -0.4 is 0 Å². The van der Waals surface area contributed by atoms with E-state index in [9.17, 15) is 4.79 Å². The fourth-order valence-corrected chi connectivity index (χ4v) is 1.41. The summed E-state index contributed by atoms with van der Waals surface area (Å²) in [5, 5.41) is 32.1. The molecule has 2 rings (SSSR count). The van der Waals surface area contributed by atoms with Crippen molar-refractivity contribution >= 4 is 24.1 Å². The lowest BCUT2D eigenvalue weighted by Crippen LogP contribution is -2.07. The van der Waals surface area contributed by atoms with Crippen molar-refractivity contribution in [1.29, 1.82) is 0 Å². The Bertz CT molecular complexity index is 504. The number of hydrogen-bond acceptors (Lipinski definition) is 4. The highest BCUT2D eigenvalue weighted by molar-refractivity contribution is 6.30. The molecule has 0 spiro atoms. The Morgan fingerprint density at radius 3 is 2.06 bits per heavy atom. The number of carboxylic acid groups (broad SMARTS) is 1. The third-order valence-electron chi connectivity index (χ3n) is 2.02. The average molecular weight is 234 g/mol. The van der Waals surface area contributed by atoms with Gasteiger partial charge in [-0.05, 0) is 16.8 Å². The number of hydrogen-bond donors (Lipinski definition) is 4. The summed E-state index contributed by atoms with van der Waals surface area (Å²) in [5.41, 5.74) is 0.359. The van der Waals surface area contributed by atoms with Crippen LogP contribution in [0.4, 0.5) is 0 Å². The van der Waals surface area contributed by atoms with Crippen LogP contribution in [0.3, 0.4) is 0 Å². The van der Waals surface area contributed by atoms with Crippen LogP contribution in [-0.4, -0.2) is 33.5 Å². The average Bonchev–Trinajstić information content (AvgIpc) is 2.27. The summed E-state index contributed by atoms with van der Waals surface area (Å²) in [6.45, 7) is 0. The Balaban J connectivity index is 0.000000317. The highest BCUT2D eigenvalue weighted by Crippen LogP contribution is 2.17. The molecule has 2 aromatic carbocycles. The van der Waals surface area contributed by atoms with Gasteiger partial charge in [0.25, 0.3) is 0 Å². The number of aromatic carboxylic acids is 1. The zero-order chi connectivity index (χ0) is 12.8. The zero-order valence-corrected chi connectivity index (χ0v) is 8.82. The van der Waals surface area contributed by atoms with E-state index in [1.807, 2.05) is 30.3 Å². The fraction of sp³-hybridized carbons (Fsp3) is 0. The van der Waals surface area contributed by atoms with E-state index in [0.717, 1.165) is 10.8 Å². The SMILES string of the molecule is O=C(O)c1cccc2ccccc12.OB(O)O. The second kappa shape index (κ2) is 6.00. The minimum absolute atomic E-state index is 0.359. The van der Waals surface area contributed by atoms with Crippen molar-refractivity contribution in [2.75, 3.05) is 0 Å². The maximum atomic E-state index is 10.8. The van der Waals surface area contributed by atoms with E-state index in [1.165, 1.54) is 0 Å². The summed E-state index contributed by atoms with van der Waals surface area (Å²) in [6.07, 6.45) is 0. The van der Waals surface area contributed by atoms with E-state index >= 15 is 0 Å². The van der Waals surface area contributed by atoms with E-state index in [0.29, 0.717) is 5.56 Å². The first-order valence-electron chi connectivity index (χ1n) is 4.77. The number of carboxylic acids is 1. The Kier molecular flexibility index (Phi) is 4.65. The van der Waals surface area contributed by atoms with Crippen molar-refractivity contribution in [3.63, 3.8) is 0 Å². The third kappa shape index (κ3) is 3.88. The molecule has 88 valence electrons. The molecule has 0 saturated carbocycles. The molecule has 17 heavy (non-hydrogen) atoms. The summed E-state index contributed by atoms with van der Waals surface area (Å²) in [7, 11) is -2.17. The molecule has 0 atom stereocenters. The molecule has 0 aliphatic carbocycles. The summed E-state index contributed by atoms with van der Waals surface area (Å²) in [6, 6.07) is 12.7. The molecule has 6 heteroatoms. The second-order valence-corrected chi connectivity index (χ2v) is 3.18. The molecule has 0 fully saturated rings. The van der Waals surface area contributed by atoms with Gasteiger partial charge in [0.2, 0.25) is 0 Å². The summed E-state index contributed by atoms with van der Waals surface area (Å²) < 4.78 is 0. The lowest BCUT2D eigenvalue weighted by atomic mass is 10.1. The highest BCUT2D eigenvalue weighted by atomic mass is 16.5. The number of rotatable bonds is 1. The van der Waals surface area contributed by atoms with Gasteiger partial charge in [-0.2, -0.15) is 0 Å². The molecule has 2 aromatic rings. The Labute approximate surface area is 97.7 Å². The molecule has 4 N–H and O–H groups in total. The van der Waals surface area contributed by atoms with Gasteiger partial charge in [-0.15, -0.1) is 0 Å². The maximum absolute atomic E-state index is 10.8. The number of fused-ring (bicyclic) bond motifs is 1. The number of benzene rings is 2. The molecule has 0 bridgehead atoms. The van der Waals surface area contributed by atoms with Gasteiger partial charge in [-0.1, -0.05) is 36.4 Å². The Morgan fingerprint density at radius 1 is 0.941 bits per heavy atom. The van der Waals surface area contributed by atoms with Crippen LogP contribution in [0.2, 0.25) is 0 Å². The van der Waals surface area contributed by atoms with Crippen LogP contribution in [0.15, 0.2) is 42.5 Å². The van der Waals surface area contributed by atoms with Crippen LogP contribution in [0, 0.1) is 0 Å². The predicted octanol–water partition coefficient (Wildman–Crippen LogP) is 0.486. The fourth-order valence-electron chi connectivity index (χ4n) is 1.41. The Hall–Kier alpha value is -1.89. The van der Waals surface area contributed by atoms with E-state index in [1.54, 1.807) is 12.1 Å². The summed E-state index contributed by atoms with van der Waals surface area (Å²) >= 11 is 0. The summed E-state index contributed by atoms with van der Waals surface area (Å²) in [5.74, 6) is -0.878. The van der Waals surface area contributed by atoms with Gasteiger partial charge in [0.1, 0.15) is 0 Å². The standard InChI is InChI=1S/C11H8O2.BH3O3/c12-11(13)10-7-3-5-8-4-1-2-6-9(8)10;2-1(3)4/h1-7H,(H,12,13);2-4H. The smallest absolute Gasteiger partial charge is 0.478 e. The first-order chi connectivity index (χ1) is 8.02. The van der Waals surface area contributed by atoms with Crippen LogP contribution >= 0.6 is 0 Å². The summed E-state index contributed by atoms with van der Waals surface area (Å²) in [4.78, 5) is 10.8. The lowest BCUT2D eigenvalue weighted by molar-refractivity contribution is 0.0699. The van der Waals surface area contributed by atoms with Crippen LogP contribution in [0.5, 0.6) is 0 Å². The predicted molar refractivity (Wildman–Crippen MR) is 63.3 cm³/mol. The van der Waals surface area contributed by atoms with Crippen molar-refractivity contribution in [2.24, 2.45) is 0 Å². The zero-order valence-electron chi connectivity index (χ0n) is 8.82. The maximum Gasteiger partial charge on any atom is 0.631 e. The van der Waals surface area contributed by atoms with Crippen molar-refractivity contribution in [2.45, 2.75) is 0 Å². The minimum atomic E-state index is -2.17. The van der Waals surface area contributed by atoms with E-state index in [4.69, 9.17) is 20.2 Å². The van der Waals surface area contributed by atoms with Crippen LogP contribution in [0.1, 0.15) is 10.4 Å². The van der Waals surface area contributed by atoms with Gasteiger partial charge in [0, 0.05) is 0 Å². The first-order valence-corrected chi connectivity index (χ1v) is 4.77. The van der Waals surface area contributed by atoms with Crippen LogP contribution in [-0.2, 0) is 0 Å². The highest BCUT2D eigenvalue weighted by Gasteiger charge is 2.05. The molecular formula is C11H11BO5. The van der Waals surface area contributed by atoms with Gasteiger partial charge in [0.05, 0.1) is 5.56 Å². The lowest BCUT2D eigenvalue weighted by Gasteiger charge is -2.00. The van der Waals surface area contributed by atoms with Crippen molar-refractivity contribution in [1.82, 2.24) is 0 Å². The van der Waals surface area contributed by atoms with Gasteiger partial charge >= 0.3 is 13.3 Å². The van der Waals surface area contributed by atoms with Crippen molar-refractivity contribution in [3.05, 3.63) is 48.0 Å². The molecule has 0 unspecified atom stereocenters. The molecule has 0 amide bonds. The van der Waals surface area contributed by atoms with Gasteiger partial charge in [-0.3, -0.25) is 0 Å². The molecule has 0 radical (unpaired) electrons. The molecule has 0 saturated heterocycles. The molecule has 0 aromatic heterocycles.